The predicted molar refractivity (Wildman–Crippen MR) is 47.3 cm³/mol. The molecule has 0 spiro atoms. The van der Waals surface area contributed by atoms with E-state index in [0.717, 1.165) is 13.0 Å². The van der Waals surface area contributed by atoms with Gasteiger partial charge in [-0.05, 0) is 20.6 Å². The molecule has 0 unspecified atom stereocenters. The van der Waals surface area contributed by atoms with Crippen molar-refractivity contribution in [1.29, 1.82) is 0 Å². The van der Waals surface area contributed by atoms with Crippen molar-refractivity contribution >= 4 is 6.34 Å². The first-order chi connectivity index (χ1) is 4.77. The van der Waals surface area contributed by atoms with Crippen molar-refractivity contribution in [2.75, 3.05) is 20.6 Å². The van der Waals surface area contributed by atoms with Crippen molar-refractivity contribution in [1.82, 2.24) is 4.90 Å². The van der Waals surface area contributed by atoms with Crippen molar-refractivity contribution in [2.24, 2.45) is 4.99 Å². The molecule has 65 valence electrons. The third-order valence-electron chi connectivity index (χ3n) is 0.541. The number of nitrogens with zero attached hydrogens (tertiary/aromatic N) is 2. The summed E-state index contributed by atoms with van der Waals surface area (Å²) in [6.45, 7) is 8.41. The number of rotatable bonds is 3. The molecular formula is C8H18N2Y-2. The van der Waals surface area contributed by atoms with Gasteiger partial charge in [-0.2, -0.15) is 6.42 Å². The maximum Gasteiger partial charge on any atom is 0 e. The standard InChI is InChI=1S/C6H12N2.C2H6.Y/c1-4-5-7-6-8(2)3;1-2;/h1,4-5H2,2-3H3;1-2H3;/q-2;;. The molecule has 0 heterocycles. The summed E-state index contributed by atoms with van der Waals surface area (Å²) >= 11 is 0. The Balaban J connectivity index is -0.000000196. The van der Waals surface area contributed by atoms with Crippen LogP contribution in [0.25, 0.3) is 0 Å². The monoisotopic (exact) mass is 231 g/mol. The van der Waals surface area contributed by atoms with E-state index in [1.165, 1.54) is 0 Å². The van der Waals surface area contributed by atoms with Gasteiger partial charge in [0.1, 0.15) is 0 Å². The van der Waals surface area contributed by atoms with E-state index < -0.39 is 0 Å². The van der Waals surface area contributed by atoms with Gasteiger partial charge >= 0.3 is 0 Å². The summed E-state index contributed by atoms with van der Waals surface area (Å²) in [5.74, 6) is 0. The van der Waals surface area contributed by atoms with Crippen molar-refractivity contribution in [3.63, 3.8) is 0 Å². The fraction of sp³-hybridized carbons (Fsp3) is 0.750. The molecule has 0 rings (SSSR count). The molecule has 0 aromatic carbocycles. The van der Waals surface area contributed by atoms with E-state index in [1.807, 2.05) is 27.9 Å². The third kappa shape index (κ3) is 25.0. The van der Waals surface area contributed by atoms with Crippen LogP contribution >= 0.6 is 0 Å². The molecule has 0 saturated carbocycles. The summed E-state index contributed by atoms with van der Waals surface area (Å²) in [5, 5.41) is 0. The van der Waals surface area contributed by atoms with E-state index >= 15 is 0 Å². The Kier molecular flexibility index (Phi) is 27.0. The van der Waals surface area contributed by atoms with Gasteiger partial charge in [-0.3, -0.25) is 6.34 Å². The number of hydrogen-bond acceptors (Lipinski definition) is 1. The van der Waals surface area contributed by atoms with E-state index in [1.54, 1.807) is 4.90 Å². The van der Waals surface area contributed by atoms with E-state index in [4.69, 9.17) is 0 Å². The fourth-order valence-electron chi connectivity index (χ4n) is 0.270. The summed E-state index contributed by atoms with van der Waals surface area (Å²) in [4.78, 5) is 5.69. The number of aliphatic imine (C=N–C) groups is 1. The summed E-state index contributed by atoms with van der Waals surface area (Å²) in [6, 6.07) is 0. The van der Waals surface area contributed by atoms with E-state index in [9.17, 15) is 0 Å². The van der Waals surface area contributed by atoms with Gasteiger partial charge < -0.3 is 16.8 Å². The fourth-order valence-corrected chi connectivity index (χ4v) is 0.270. The molecule has 0 aromatic rings. The van der Waals surface area contributed by atoms with Gasteiger partial charge in [-0.25, -0.2) is 0 Å². The Hall–Kier alpha value is 0.574. The second-order valence-electron chi connectivity index (χ2n) is 1.73. The normalized spacial score (nSPS) is 8.09. The Labute approximate surface area is 96.3 Å². The van der Waals surface area contributed by atoms with Crippen LogP contribution < -0.4 is 0 Å². The summed E-state index contributed by atoms with van der Waals surface area (Å²) in [5.41, 5.74) is 0. The van der Waals surface area contributed by atoms with E-state index in [-0.39, 0.29) is 32.7 Å². The van der Waals surface area contributed by atoms with E-state index in [0.29, 0.717) is 0 Å². The Morgan fingerprint density at radius 1 is 1.36 bits per heavy atom. The summed E-state index contributed by atoms with van der Waals surface area (Å²) in [7, 11) is 3.79. The molecule has 0 fully saturated rings. The van der Waals surface area contributed by atoms with Crippen molar-refractivity contribution in [2.45, 2.75) is 20.3 Å². The van der Waals surface area contributed by atoms with Gasteiger partial charge in [0.15, 0.2) is 0 Å². The minimum Gasteiger partial charge on any atom is -0.542 e. The van der Waals surface area contributed by atoms with Crippen LogP contribution in [0.1, 0.15) is 20.3 Å². The summed E-state index contributed by atoms with van der Waals surface area (Å²) < 4.78 is 0. The van der Waals surface area contributed by atoms with Crippen LogP contribution in [0.3, 0.4) is 0 Å². The van der Waals surface area contributed by atoms with Crippen LogP contribution in [0.2, 0.25) is 0 Å². The molecular weight excluding hydrogens is 213 g/mol. The topological polar surface area (TPSA) is 15.6 Å². The second kappa shape index (κ2) is 16.9. The number of hydrogen-bond donors (Lipinski definition) is 0. The maximum atomic E-state index is 3.90. The maximum absolute atomic E-state index is 3.90. The molecule has 0 saturated heterocycles. The zero-order chi connectivity index (χ0) is 8.41. The molecule has 0 N–H and O–H groups in total. The zero-order valence-electron chi connectivity index (χ0n) is 8.09. The van der Waals surface area contributed by atoms with Crippen LogP contribution in [0.4, 0.5) is 0 Å². The quantitative estimate of drug-likeness (QED) is 0.312. The average Bonchev–Trinajstić information content (AvgIpc) is 1.92. The first-order valence-electron chi connectivity index (χ1n) is 3.66. The SMILES string of the molecule is CC.[CH2-]CCN=[C-]N(C)C.[Y]. The van der Waals surface area contributed by atoms with Crippen LogP contribution in [0, 0.1) is 6.92 Å². The smallest absolute Gasteiger partial charge is 0 e. The molecule has 0 amide bonds. The van der Waals surface area contributed by atoms with Gasteiger partial charge in [-0.15, -0.1) is 0 Å². The van der Waals surface area contributed by atoms with Gasteiger partial charge in [0, 0.05) is 32.7 Å². The molecule has 0 aliphatic heterocycles. The van der Waals surface area contributed by atoms with Gasteiger partial charge in [0.25, 0.3) is 0 Å². The van der Waals surface area contributed by atoms with Crippen molar-refractivity contribution in [3.8, 4) is 0 Å². The minimum absolute atomic E-state index is 0. The Morgan fingerprint density at radius 2 is 1.82 bits per heavy atom. The molecule has 0 atom stereocenters. The molecule has 1 radical (unpaired) electrons. The molecule has 0 aliphatic rings. The molecule has 0 aliphatic carbocycles. The molecule has 3 heteroatoms. The second-order valence-corrected chi connectivity index (χ2v) is 1.73. The van der Waals surface area contributed by atoms with E-state index in [2.05, 4.69) is 18.3 Å². The molecule has 11 heavy (non-hydrogen) atoms. The molecule has 0 aromatic heterocycles. The van der Waals surface area contributed by atoms with Crippen LogP contribution in [0.5, 0.6) is 0 Å². The average molecular weight is 231 g/mol. The molecule has 2 nitrogen and oxygen atoms in total. The minimum atomic E-state index is 0. The zero-order valence-corrected chi connectivity index (χ0v) is 10.9. The van der Waals surface area contributed by atoms with Gasteiger partial charge in [0.2, 0.25) is 0 Å². The Bertz CT molecular complexity index is 72.5. The van der Waals surface area contributed by atoms with Gasteiger partial charge in [0.05, 0.1) is 0 Å². The van der Waals surface area contributed by atoms with Crippen LogP contribution in [-0.4, -0.2) is 31.9 Å². The first-order valence-corrected chi connectivity index (χ1v) is 3.66. The summed E-state index contributed by atoms with van der Waals surface area (Å²) in [6.07, 6.45) is 3.61. The van der Waals surface area contributed by atoms with Crippen LogP contribution in [-0.2, 0) is 32.7 Å². The Morgan fingerprint density at radius 3 is 2.09 bits per heavy atom. The third-order valence-corrected chi connectivity index (χ3v) is 0.541. The largest absolute Gasteiger partial charge is 0.542 e. The van der Waals surface area contributed by atoms with Crippen LogP contribution in [0.15, 0.2) is 4.99 Å². The predicted octanol–water partition coefficient (Wildman–Crippen LogP) is 1.70. The van der Waals surface area contributed by atoms with Gasteiger partial charge in [-0.1, -0.05) is 13.8 Å². The first kappa shape index (κ1) is 17.6. The molecule has 0 bridgehead atoms. The van der Waals surface area contributed by atoms with Crippen molar-refractivity contribution in [3.05, 3.63) is 6.92 Å². The van der Waals surface area contributed by atoms with Crippen molar-refractivity contribution < 1.29 is 32.7 Å².